The summed E-state index contributed by atoms with van der Waals surface area (Å²) < 4.78 is 5.79. The molecule has 0 fully saturated rings. The van der Waals surface area contributed by atoms with E-state index in [0.717, 1.165) is 11.1 Å². The smallest absolute Gasteiger partial charge is 0.282 e. The summed E-state index contributed by atoms with van der Waals surface area (Å²) in [7, 11) is 0. The second-order valence-electron chi connectivity index (χ2n) is 5.68. The normalized spacial score (nSPS) is 12.7. The summed E-state index contributed by atoms with van der Waals surface area (Å²) in [6.07, 6.45) is 0. The van der Waals surface area contributed by atoms with Crippen molar-refractivity contribution in [3.8, 4) is 17.5 Å². The van der Waals surface area contributed by atoms with Crippen LogP contribution >= 0.6 is 0 Å². The fourth-order valence-electron chi connectivity index (χ4n) is 3.00. The fraction of sp³-hybridized carbons (Fsp3) is 0.111. The average molecular weight is 332 g/mol. The maximum absolute atomic E-state index is 11.2. The van der Waals surface area contributed by atoms with Crippen LogP contribution in [0.5, 0.6) is 0 Å². The number of benzene rings is 2. The Bertz CT molecular complexity index is 994. The Balaban J connectivity index is 1.76. The van der Waals surface area contributed by atoms with E-state index < -0.39 is 4.92 Å². The number of aromatic nitrogens is 1. The van der Waals surface area contributed by atoms with E-state index >= 15 is 0 Å². The van der Waals surface area contributed by atoms with Gasteiger partial charge >= 0.3 is 0 Å². The number of nitro benzene ring substituents is 1. The maximum atomic E-state index is 11.2. The molecule has 0 aliphatic carbocycles. The second kappa shape index (κ2) is 5.76. The number of anilines is 1. The summed E-state index contributed by atoms with van der Waals surface area (Å²) in [6.45, 7) is 1.22. The molecule has 1 aliphatic heterocycles. The summed E-state index contributed by atoms with van der Waals surface area (Å²) in [5.41, 5.74) is 2.60. The van der Waals surface area contributed by atoms with E-state index in [0.29, 0.717) is 19.0 Å². The first kappa shape index (κ1) is 14.9. The number of hydrogen-bond acceptors (Lipinski definition) is 6. The Kier molecular flexibility index (Phi) is 3.43. The zero-order valence-electron chi connectivity index (χ0n) is 13.0. The highest BCUT2D eigenvalue weighted by Crippen LogP contribution is 2.36. The van der Waals surface area contributed by atoms with Gasteiger partial charge in [0.1, 0.15) is 11.6 Å². The zero-order chi connectivity index (χ0) is 17.4. The van der Waals surface area contributed by atoms with Gasteiger partial charge in [-0.3, -0.25) is 10.1 Å². The third kappa shape index (κ3) is 2.50. The van der Waals surface area contributed by atoms with Gasteiger partial charge in [-0.25, -0.2) is 0 Å². The van der Waals surface area contributed by atoms with E-state index in [9.17, 15) is 15.4 Å². The summed E-state index contributed by atoms with van der Waals surface area (Å²) >= 11 is 0. The fourth-order valence-corrected chi connectivity index (χ4v) is 3.00. The standard InChI is InChI=1S/C18H12N4O3/c19-9-15-18(21-10-12-5-1-2-6-13(12)11-21)25-17(20-15)14-7-3-4-8-16(14)22(23)24/h1-8H,10-11H2. The van der Waals surface area contributed by atoms with Gasteiger partial charge in [0.15, 0.2) is 0 Å². The van der Waals surface area contributed by atoms with Gasteiger partial charge in [0, 0.05) is 19.2 Å². The van der Waals surface area contributed by atoms with Crippen molar-refractivity contribution in [1.29, 1.82) is 5.26 Å². The van der Waals surface area contributed by atoms with Gasteiger partial charge in [0.25, 0.3) is 5.69 Å². The molecule has 0 atom stereocenters. The van der Waals surface area contributed by atoms with Gasteiger partial charge in [-0.1, -0.05) is 36.4 Å². The minimum atomic E-state index is -0.489. The zero-order valence-corrected chi connectivity index (χ0v) is 13.0. The highest BCUT2D eigenvalue weighted by molar-refractivity contribution is 5.69. The predicted octanol–water partition coefficient (Wildman–Crippen LogP) is 3.64. The predicted molar refractivity (Wildman–Crippen MR) is 89.6 cm³/mol. The summed E-state index contributed by atoms with van der Waals surface area (Å²) in [5, 5.41) is 20.6. The molecular formula is C18H12N4O3. The Morgan fingerprint density at radius 1 is 1.12 bits per heavy atom. The van der Waals surface area contributed by atoms with E-state index in [1.54, 1.807) is 18.2 Å². The van der Waals surface area contributed by atoms with Crippen LogP contribution in [-0.4, -0.2) is 9.91 Å². The van der Waals surface area contributed by atoms with Crippen molar-refractivity contribution in [2.24, 2.45) is 0 Å². The van der Waals surface area contributed by atoms with Crippen LogP contribution < -0.4 is 4.90 Å². The first-order valence-corrected chi connectivity index (χ1v) is 7.64. The summed E-state index contributed by atoms with van der Waals surface area (Å²) in [4.78, 5) is 16.8. The molecule has 4 rings (SSSR count). The minimum absolute atomic E-state index is 0.0785. The molecule has 7 nitrogen and oxygen atoms in total. The van der Waals surface area contributed by atoms with Crippen molar-refractivity contribution >= 4 is 11.6 Å². The molecule has 0 unspecified atom stereocenters. The number of nitriles is 1. The van der Waals surface area contributed by atoms with E-state index in [-0.39, 0.29) is 22.8 Å². The quantitative estimate of drug-likeness (QED) is 0.536. The van der Waals surface area contributed by atoms with Crippen LogP contribution in [0, 0.1) is 21.4 Å². The Labute approximate surface area is 142 Å². The molecule has 3 aromatic rings. The van der Waals surface area contributed by atoms with Gasteiger partial charge in [0.05, 0.1) is 4.92 Å². The van der Waals surface area contributed by atoms with Crippen LogP contribution in [0.1, 0.15) is 16.8 Å². The van der Waals surface area contributed by atoms with Crippen molar-refractivity contribution in [3.05, 3.63) is 75.5 Å². The largest absolute Gasteiger partial charge is 0.419 e. The van der Waals surface area contributed by atoms with E-state index in [1.807, 2.05) is 35.2 Å². The monoisotopic (exact) mass is 332 g/mol. The van der Waals surface area contributed by atoms with E-state index in [1.165, 1.54) is 6.07 Å². The number of hydrogen-bond donors (Lipinski definition) is 0. The first-order valence-electron chi connectivity index (χ1n) is 7.64. The second-order valence-corrected chi connectivity index (χ2v) is 5.68. The number of nitro groups is 1. The van der Waals surface area contributed by atoms with Crippen LogP contribution in [0.3, 0.4) is 0 Å². The van der Waals surface area contributed by atoms with Gasteiger partial charge in [-0.15, -0.1) is 0 Å². The van der Waals surface area contributed by atoms with Gasteiger partial charge in [0.2, 0.25) is 17.5 Å². The number of para-hydroxylation sites is 1. The van der Waals surface area contributed by atoms with Crippen molar-refractivity contribution in [1.82, 2.24) is 4.98 Å². The van der Waals surface area contributed by atoms with Crippen molar-refractivity contribution in [3.63, 3.8) is 0 Å². The third-order valence-corrected chi connectivity index (χ3v) is 4.17. The van der Waals surface area contributed by atoms with Crippen LogP contribution in [0.15, 0.2) is 52.9 Å². The molecule has 0 saturated carbocycles. The van der Waals surface area contributed by atoms with Gasteiger partial charge in [-0.2, -0.15) is 10.2 Å². The molecular weight excluding hydrogens is 320 g/mol. The lowest BCUT2D eigenvalue weighted by molar-refractivity contribution is -0.384. The Morgan fingerprint density at radius 3 is 2.40 bits per heavy atom. The Hall–Kier alpha value is -3.66. The first-order chi connectivity index (χ1) is 12.2. The summed E-state index contributed by atoms with van der Waals surface area (Å²) in [5.74, 6) is 0.418. The maximum Gasteiger partial charge on any atom is 0.282 e. The molecule has 1 aliphatic rings. The topological polar surface area (TPSA) is 96.2 Å². The van der Waals surface area contributed by atoms with Gasteiger partial charge in [-0.05, 0) is 17.2 Å². The Morgan fingerprint density at radius 2 is 1.76 bits per heavy atom. The van der Waals surface area contributed by atoms with Crippen LogP contribution in [0.2, 0.25) is 0 Å². The SMILES string of the molecule is N#Cc1nc(-c2ccccc2[N+](=O)[O-])oc1N1Cc2ccccc2C1. The molecule has 2 heterocycles. The van der Waals surface area contributed by atoms with E-state index in [2.05, 4.69) is 4.98 Å². The summed E-state index contributed by atoms with van der Waals surface area (Å²) in [6, 6.07) is 16.2. The highest BCUT2D eigenvalue weighted by Gasteiger charge is 2.28. The average Bonchev–Trinajstić information content (AvgIpc) is 3.25. The highest BCUT2D eigenvalue weighted by atomic mass is 16.6. The number of oxazole rings is 1. The lowest BCUT2D eigenvalue weighted by Crippen LogP contribution is -2.14. The lowest BCUT2D eigenvalue weighted by Gasteiger charge is -2.13. The molecule has 122 valence electrons. The van der Waals surface area contributed by atoms with Crippen molar-refractivity contribution < 1.29 is 9.34 Å². The molecule has 0 amide bonds. The van der Waals surface area contributed by atoms with E-state index in [4.69, 9.17) is 4.42 Å². The molecule has 7 heteroatoms. The third-order valence-electron chi connectivity index (χ3n) is 4.17. The molecule has 0 bridgehead atoms. The molecule has 1 aromatic heterocycles. The number of fused-ring (bicyclic) bond motifs is 1. The molecule has 25 heavy (non-hydrogen) atoms. The van der Waals surface area contributed by atoms with Gasteiger partial charge < -0.3 is 9.32 Å². The van der Waals surface area contributed by atoms with Crippen LogP contribution in [0.25, 0.3) is 11.5 Å². The van der Waals surface area contributed by atoms with Crippen molar-refractivity contribution in [2.45, 2.75) is 13.1 Å². The number of nitrogens with zero attached hydrogens (tertiary/aromatic N) is 4. The minimum Gasteiger partial charge on any atom is -0.419 e. The molecule has 2 aromatic carbocycles. The molecule has 0 saturated heterocycles. The number of rotatable bonds is 3. The van der Waals surface area contributed by atoms with Crippen LogP contribution in [-0.2, 0) is 13.1 Å². The molecule has 0 N–H and O–H groups in total. The molecule has 0 spiro atoms. The van der Waals surface area contributed by atoms with Crippen molar-refractivity contribution in [2.75, 3.05) is 4.90 Å². The lowest BCUT2D eigenvalue weighted by atomic mass is 10.1. The molecule has 0 radical (unpaired) electrons. The van der Waals surface area contributed by atoms with Crippen LogP contribution in [0.4, 0.5) is 11.6 Å².